The Labute approximate surface area is 123 Å². The molecule has 0 aliphatic heterocycles. The standard InChI is InChI=1S/C16H20FNO3/c1-12-3-6-16(21-12)10-18(2)9-14(19)11-20-15-7-4-13(17)5-8-15/h3-8,14,19H,9-11H2,1-2H3/t14-/m0/s1. The number of ether oxygens (including phenoxy) is 1. The summed E-state index contributed by atoms with van der Waals surface area (Å²) in [6, 6.07) is 9.57. The van der Waals surface area contributed by atoms with Gasteiger partial charge in [0, 0.05) is 6.54 Å². The first-order valence-electron chi connectivity index (χ1n) is 6.83. The number of aliphatic hydroxyl groups is 1. The SMILES string of the molecule is Cc1ccc(CN(C)C[C@H](O)COc2ccc(F)cc2)o1. The van der Waals surface area contributed by atoms with E-state index < -0.39 is 6.10 Å². The highest BCUT2D eigenvalue weighted by molar-refractivity contribution is 5.22. The highest BCUT2D eigenvalue weighted by Gasteiger charge is 2.11. The quantitative estimate of drug-likeness (QED) is 0.852. The first-order valence-corrected chi connectivity index (χ1v) is 6.83. The van der Waals surface area contributed by atoms with Crippen LogP contribution in [0, 0.1) is 12.7 Å². The summed E-state index contributed by atoms with van der Waals surface area (Å²) in [6.07, 6.45) is -0.629. The van der Waals surface area contributed by atoms with E-state index in [1.165, 1.54) is 24.3 Å². The third-order valence-corrected chi connectivity index (χ3v) is 3.00. The third kappa shape index (κ3) is 5.21. The largest absolute Gasteiger partial charge is 0.491 e. The number of benzene rings is 1. The molecule has 21 heavy (non-hydrogen) atoms. The van der Waals surface area contributed by atoms with E-state index in [9.17, 15) is 9.50 Å². The zero-order chi connectivity index (χ0) is 15.2. The zero-order valence-electron chi connectivity index (χ0n) is 12.3. The van der Waals surface area contributed by atoms with Crippen molar-refractivity contribution in [3.63, 3.8) is 0 Å². The lowest BCUT2D eigenvalue weighted by molar-refractivity contribution is 0.0724. The van der Waals surface area contributed by atoms with E-state index >= 15 is 0 Å². The number of rotatable bonds is 7. The summed E-state index contributed by atoms with van der Waals surface area (Å²) < 4.78 is 23.6. The van der Waals surface area contributed by atoms with Gasteiger partial charge in [-0.2, -0.15) is 0 Å². The van der Waals surface area contributed by atoms with Crippen molar-refractivity contribution in [3.8, 4) is 5.75 Å². The number of furan rings is 1. The van der Waals surface area contributed by atoms with Gasteiger partial charge in [0.15, 0.2) is 0 Å². The lowest BCUT2D eigenvalue weighted by Crippen LogP contribution is -2.32. The third-order valence-electron chi connectivity index (χ3n) is 3.00. The number of halogens is 1. The van der Waals surface area contributed by atoms with Crippen molar-refractivity contribution in [2.24, 2.45) is 0 Å². The molecule has 0 aliphatic carbocycles. The van der Waals surface area contributed by atoms with E-state index in [0.29, 0.717) is 18.8 Å². The molecule has 2 aromatic rings. The van der Waals surface area contributed by atoms with Gasteiger partial charge in [0.05, 0.1) is 6.54 Å². The Kier molecular flexibility index (Phi) is 5.36. The monoisotopic (exact) mass is 293 g/mol. The molecule has 1 aromatic carbocycles. The maximum absolute atomic E-state index is 12.7. The van der Waals surface area contributed by atoms with Crippen LogP contribution < -0.4 is 4.74 Å². The van der Waals surface area contributed by atoms with Crippen molar-refractivity contribution in [1.29, 1.82) is 0 Å². The molecule has 0 saturated heterocycles. The van der Waals surface area contributed by atoms with Gasteiger partial charge in [-0.3, -0.25) is 4.90 Å². The fraction of sp³-hybridized carbons (Fsp3) is 0.375. The van der Waals surface area contributed by atoms with E-state index in [4.69, 9.17) is 9.15 Å². The molecule has 0 aliphatic rings. The minimum Gasteiger partial charge on any atom is -0.491 e. The summed E-state index contributed by atoms with van der Waals surface area (Å²) in [6.45, 7) is 3.14. The molecular weight excluding hydrogens is 273 g/mol. The maximum atomic E-state index is 12.7. The average molecular weight is 293 g/mol. The Morgan fingerprint density at radius 1 is 1.24 bits per heavy atom. The molecule has 1 atom stereocenters. The molecule has 1 N–H and O–H groups in total. The van der Waals surface area contributed by atoms with Gasteiger partial charge in [-0.05, 0) is 50.4 Å². The number of aliphatic hydroxyl groups excluding tert-OH is 1. The smallest absolute Gasteiger partial charge is 0.123 e. The van der Waals surface area contributed by atoms with Crippen molar-refractivity contribution in [3.05, 3.63) is 53.7 Å². The van der Waals surface area contributed by atoms with E-state index in [-0.39, 0.29) is 12.4 Å². The van der Waals surface area contributed by atoms with Crippen LogP contribution in [0.4, 0.5) is 4.39 Å². The highest BCUT2D eigenvalue weighted by Crippen LogP contribution is 2.12. The lowest BCUT2D eigenvalue weighted by atomic mass is 10.3. The van der Waals surface area contributed by atoms with Crippen molar-refractivity contribution < 1.29 is 18.7 Å². The van der Waals surface area contributed by atoms with Gasteiger partial charge in [0.1, 0.15) is 35.8 Å². The van der Waals surface area contributed by atoms with Gasteiger partial charge in [0.25, 0.3) is 0 Å². The number of aryl methyl sites for hydroxylation is 1. The Morgan fingerprint density at radius 3 is 2.57 bits per heavy atom. The molecule has 4 nitrogen and oxygen atoms in total. The number of hydrogen-bond acceptors (Lipinski definition) is 4. The van der Waals surface area contributed by atoms with Gasteiger partial charge < -0.3 is 14.3 Å². The van der Waals surface area contributed by atoms with Gasteiger partial charge in [-0.1, -0.05) is 0 Å². The summed E-state index contributed by atoms with van der Waals surface area (Å²) in [5.41, 5.74) is 0. The summed E-state index contributed by atoms with van der Waals surface area (Å²) in [5, 5.41) is 9.95. The summed E-state index contributed by atoms with van der Waals surface area (Å²) >= 11 is 0. The summed E-state index contributed by atoms with van der Waals surface area (Å²) in [7, 11) is 1.90. The molecule has 5 heteroatoms. The Balaban J connectivity index is 1.73. The van der Waals surface area contributed by atoms with Crippen LogP contribution in [-0.4, -0.2) is 36.3 Å². The minimum absolute atomic E-state index is 0.160. The topological polar surface area (TPSA) is 45.8 Å². The predicted molar refractivity (Wildman–Crippen MR) is 77.7 cm³/mol. The van der Waals surface area contributed by atoms with Crippen molar-refractivity contribution in [2.45, 2.75) is 19.6 Å². The van der Waals surface area contributed by atoms with E-state index in [1.54, 1.807) is 0 Å². The normalized spacial score (nSPS) is 12.6. The Bertz CT molecular complexity index is 553. The van der Waals surface area contributed by atoms with Crippen LogP contribution in [0.1, 0.15) is 11.5 Å². The molecule has 114 valence electrons. The second-order valence-electron chi connectivity index (χ2n) is 5.13. The number of nitrogens with zero attached hydrogens (tertiary/aromatic N) is 1. The second-order valence-corrected chi connectivity index (χ2v) is 5.13. The average Bonchev–Trinajstić information content (AvgIpc) is 2.83. The van der Waals surface area contributed by atoms with E-state index in [0.717, 1.165) is 11.5 Å². The molecule has 1 aromatic heterocycles. The molecule has 0 unspecified atom stereocenters. The molecule has 0 fully saturated rings. The molecule has 0 saturated carbocycles. The fourth-order valence-corrected chi connectivity index (χ4v) is 2.04. The minimum atomic E-state index is -0.629. The lowest BCUT2D eigenvalue weighted by Gasteiger charge is -2.19. The van der Waals surface area contributed by atoms with Crippen molar-refractivity contribution in [1.82, 2.24) is 4.90 Å². The van der Waals surface area contributed by atoms with Crippen LogP contribution >= 0.6 is 0 Å². The fourth-order valence-electron chi connectivity index (χ4n) is 2.04. The summed E-state index contributed by atoms with van der Waals surface area (Å²) in [5.74, 6) is 1.97. The Hall–Kier alpha value is -1.85. The van der Waals surface area contributed by atoms with Gasteiger partial charge in [-0.25, -0.2) is 4.39 Å². The van der Waals surface area contributed by atoms with Gasteiger partial charge >= 0.3 is 0 Å². The highest BCUT2D eigenvalue weighted by atomic mass is 19.1. The van der Waals surface area contributed by atoms with Crippen LogP contribution in [-0.2, 0) is 6.54 Å². The van der Waals surface area contributed by atoms with Gasteiger partial charge in [-0.15, -0.1) is 0 Å². The van der Waals surface area contributed by atoms with Crippen molar-refractivity contribution >= 4 is 0 Å². The second kappa shape index (κ2) is 7.24. The van der Waals surface area contributed by atoms with E-state index in [1.807, 2.05) is 31.0 Å². The van der Waals surface area contributed by atoms with Crippen LogP contribution in [0.25, 0.3) is 0 Å². The van der Waals surface area contributed by atoms with Crippen LogP contribution in [0.3, 0.4) is 0 Å². The van der Waals surface area contributed by atoms with Crippen LogP contribution in [0.15, 0.2) is 40.8 Å². The number of likely N-dealkylation sites (N-methyl/N-ethyl adjacent to an activating group) is 1. The molecule has 0 radical (unpaired) electrons. The predicted octanol–water partition coefficient (Wildman–Crippen LogP) is 2.60. The molecule has 1 heterocycles. The molecule has 0 amide bonds. The molecule has 0 spiro atoms. The Morgan fingerprint density at radius 2 is 1.95 bits per heavy atom. The number of hydrogen-bond donors (Lipinski definition) is 1. The van der Waals surface area contributed by atoms with Crippen LogP contribution in [0.5, 0.6) is 5.75 Å². The van der Waals surface area contributed by atoms with E-state index in [2.05, 4.69) is 0 Å². The molecular formula is C16H20FNO3. The molecule has 0 bridgehead atoms. The van der Waals surface area contributed by atoms with Crippen molar-refractivity contribution in [2.75, 3.05) is 20.2 Å². The van der Waals surface area contributed by atoms with Gasteiger partial charge in [0.2, 0.25) is 0 Å². The maximum Gasteiger partial charge on any atom is 0.123 e. The summed E-state index contributed by atoms with van der Waals surface area (Å²) in [4.78, 5) is 1.96. The van der Waals surface area contributed by atoms with Crippen LogP contribution in [0.2, 0.25) is 0 Å². The first kappa shape index (κ1) is 15.5. The first-order chi connectivity index (χ1) is 10.0. The zero-order valence-corrected chi connectivity index (χ0v) is 12.3. The molecule has 2 rings (SSSR count).